The number of hydrogen-bond donors (Lipinski definition) is 3. The van der Waals surface area contributed by atoms with Crippen LogP contribution in [-0.4, -0.2) is 23.3 Å². The van der Waals surface area contributed by atoms with E-state index in [4.69, 9.17) is 10.1 Å². The van der Waals surface area contributed by atoms with Crippen molar-refractivity contribution in [1.29, 1.82) is 15.9 Å². The van der Waals surface area contributed by atoms with Crippen molar-refractivity contribution in [2.45, 2.75) is 44.4 Å². The second kappa shape index (κ2) is 8.92. The highest BCUT2D eigenvalue weighted by Crippen LogP contribution is 2.52. The van der Waals surface area contributed by atoms with E-state index in [2.05, 4.69) is 17.3 Å². The summed E-state index contributed by atoms with van der Waals surface area (Å²) in [5, 5.41) is 42.6. The molecular formula is C26H26N5O2+. The van der Waals surface area contributed by atoms with Crippen LogP contribution in [0.5, 0.6) is 5.75 Å². The Bertz CT molecular complexity index is 1210. The van der Waals surface area contributed by atoms with Crippen LogP contribution in [0.1, 0.15) is 42.9 Å². The number of aryl methyl sites for hydroxylation is 1. The highest BCUT2D eigenvalue weighted by molar-refractivity contribution is 5.71. The van der Waals surface area contributed by atoms with Gasteiger partial charge in [-0.2, -0.15) is 15.1 Å². The molecule has 1 saturated carbocycles. The maximum absolute atomic E-state index is 12.1. The first-order valence-corrected chi connectivity index (χ1v) is 11.0. The molecule has 33 heavy (non-hydrogen) atoms. The Balaban J connectivity index is 1.98. The molecule has 0 radical (unpaired) electrons. The summed E-state index contributed by atoms with van der Waals surface area (Å²) in [6.45, 7) is 4.45. The van der Waals surface area contributed by atoms with Gasteiger partial charge in [-0.3, -0.25) is 5.41 Å². The van der Waals surface area contributed by atoms with Gasteiger partial charge in [0.1, 0.15) is 17.4 Å². The van der Waals surface area contributed by atoms with Crippen LogP contribution in [-0.2, 0) is 0 Å². The zero-order valence-corrected chi connectivity index (χ0v) is 18.7. The van der Waals surface area contributed by atoms with Crippen LogP contribution in [0.3, 0.4) is 0 Å². The van der Waals surface area contributed by atoms with Crippen molar-refractivity contribution in [2.24, 2.45) is 5.92 Å². The average molecular weight is 441 g/mol. The molecule has 3 unspecified atom stereocenters. The van der Waals surface area contributed by atoms with E-state index in [1.54, 1.807) is 0 Å². The van der Waals surface area contributed by atoms with Crippen LogP contribution in [0.2, 0.25) is 0 Å². The summed E-state index contributed by atoms with van der Waals surface area (Å²) in [4.78, 5) is 0. The van der Waals surface area contributed by atoms with Crippen molar-refractivity contribution in [1.82, 2.24) is 5.32 Å². The van der Waals surface area contributed by atoms with Crippen LogP contribution < -0.4 is 14.6 Å². The molecule has 0 amide bonds. The zero-order chi connectivity index (χ0) is 23.6. The maximum atomic E-state index is 12.1. The molecule has 2 aliphatic rings. The van der Waals surface area contributed by atoms with E-state index in [-0.39, 0.29) is 17.2 Å². The minimum absolute atomic E-state index is 0.0533. The summed E-state index contributed by atoms with van der Waals surface area (Å²) in [5.41, 5.74) is 0.837. The Morgan fingerprint density at radius 2 is 1.88 bits per heavy atom. The lowest BCUT2D eigenvalue weighted by molar-refractivity contribution is -0.742. The van der Waals surface area contributed by atoms with Gasteiger partial charge in [-0.1, -0.05) is 12.1 Å². The summed E-state index contributed by atoms with van der Waals surface area (Å²) in [6, 6.07) is 15.1. The van der Waals surface area contributed by atoms with Gasteiger partial charge < -0.3 is 15.2 Å². The Labute approximate surface area is 193 Å². The van der Waals surface area contributed by atoms with Gasteiger partial charge in [0.05, 0.1) is 29.9 Å². The van der Waals surface area contributed by atoms with Crippen molar-refractivity contribution < 1.29 is 14.4 Å². The van der Waals surface area contributed by atoms with Crippen molar-refractivity contribution in [3.8, 4) is 17.9 Å². The van der Waals surface area contributed by atoms with Crippen molar-refractivity contribution in [2.75, 3.05) is 6.61 Å². The molecule has 7 nitrogen and oxygen atoms in total. The van der Waals surface area contributed by atoms with Crippen LogP contribution in [0.15, 0.2) is 65.6 Å². The van der Waals surface area contributed by atoms with Crippen LogP contribution in [0, 0.1) is 40.9 Å². The van der Waals surface area contributed by atoms with Gasteiger partial charge in [-0.05, 0) is 55.8 Å². The van der Waals surface area contributed by atoms with E-state index in [9.17, 15) is 15.6 Å². The Hall–Kier alpha value is -3.90. The van der Waals surface area contributed by atoms with Gasteiger partial charge in [-0.25, -0.2) is 0 Å². The van der Waals surface area contributed by atoms with E-state index >= 15 is 0 Å². The third-order valence-corrected chi connectivity index (χ3v) is 6.37. The zero-order valence-electron chi connectivity index (χ0n) is 18.7. The smallest absolute Gasteiger partial charge is 0.216 e. The number of rotatable bonds is 6. The van der Waals surface area contributed by atoms with E-state index in [1.807, 2.05) is 73.3 Å². The highest BCUT2D eigenvalue weighted by atomic mass is 16.5. The molecule has 7 heteroatoms. The molecule has 2 aromatic rings. The number of aromatic nitrogens is 1. The number of allylic oxidation sites excluding steroid dienone is 2. The first kappa shape index (κ1) is 22.3. The van der Waals surface area contributed by atoms with E-state index in [1.165, 1.54) is 0 Å². The summed E-state index contributed by atoms with van der Waals surface area (Å²) < 4.78 is 7.52. The standard InChI is InChI=1S/C26H26N5O2/c1-3-33-21-8-4-18(5-9-21)23-22(16-29)24(19(14-27)15-28)30-26(32,20-6-7-20)25(23)31-12-10-17(2)11-13-31/h4-5,8-13,20,23,25,27,30,32H,3,6-7H2,1-2H3/q+1. The van der Waals surface area contributed by atoms with Gasteiger partial charge in [-0.15, -0.1) is 0 Å². The number of nitriles is 2. The van der Waals surface area contributed by atoms with Gasteiger partial charge in [0.2, 0.25) is 11.8 Å². The normalized spacial score (nSPS) is 24.2. The summed E-state index contributed by atoms with van der Waals surface area (Å²) >= 11 is 0. The summed E-state index contributed by atoms with van der Waals surface area (Å²) in [5.74, 6) is 2.24. The van der Waals surface area contributed by atoms with E-state index in [0.29, 0.717) is 17.9 Å². The van der Waals surface area contributed by atoms with Crippen molar-refractivity contribution in [3.63, 3.8) is 0 Å². The lowest BCUT2D eigenvalue weighted by atomic mass is 9.73. The summed E-state index contributed by atoms with van der Waals surface area (Å²) in [7, 11) is 0. The fourth-order valence-corrected chi connectivity index (χ4v) is 4.63. The molecule has 1 fully saturated rings. The molecule has 166 valence electrons. The minimum Gasteiger partial charge on any atom is -0.494 e. The second-order valence-corrected chi connectivity index (χ2v) is 8.48. The Kier molecular flexibility index (Phi) is 6.03. The van der Waals surface area contributed by atoms with Gasteiger partial charge >= 0.3 is 0 Å². The Morgan fingerprint density at radius 1 is 1.21 bits per heavy atom. The number of hydrogen-bond acceptors (Lipinski definition) is 6. The molecular weight excluding hydrogens is 414 g/mol. The number of ether oxygens (including phenoxy) is 1. The second-order valence-electron chi connectivity index (χ2n) is 8.48. The van der Waals surface area contributed by atoms with Crippen molar-refractivity contribution in [3.05, 3.63) is 76.8 Å². The van der Waals surface area contributed by atoms with Crippen molar-refractivity contribution >= 4 is 5.87 Å². The topological polar surface area (TPSA) is 117 Å². The predicted molar refractivity (Wildman–Crippen MR) is 121 cm³/mol. The van der Waals surface area contributed by atoms with Gasteiger partial charge in [0.15, 0.2) is 12.4 Å². The maximum Gasteiger partial charge on any atom is 0.216 e. The quantitative estimate of drug-likeness (QED) is 0.362. The number of benzene rings is 1. The average Bonchev–Trinajstić information content (AvgIpc) is 3.67. The third-order valence-electron chi connectivity index (χ3n) is 6.37. The molecule has 2 heterocycles. The van der Waals surface area contributed by atoms with E-state index in [0.717, 1.165) is 24.0 Å². The lowest BCUT2D eigenvalue weighted by Gasteiger charge is -2.43. The fraction of sp³-hybridized carbons (Fsp3) is 0.346. The molecule has 0 saturated heterocycles. The number of nitrogens with one attached hydrogen (secondary N) is 2. The first-order valence-electron chi connectivity index (χ1n) is 11.0. The van der Waals surface area contributed by atoms with Crippen LogP contribution >= 0.6 is 0 Å². The monoisotopic (exact) mass is 440 g/mol. The Morgan fingerprint density at radius 3 is 2.39 bits per heavy atom. The van der Waals surface area contributed by atoms with Crippen LogP contribution in [0.25, 0.3) is 0 Å². The molecule has 3 N–H and O–H groups in total. The molecule has 0 spiro atoms. The highest BCUT2D eigenvalue weighted by Gasteiger charge is 2.61. The van der Waals surface area contributed by atoms with Gasteiger partial charge in [0, 0.05) is 18.1 Å². The molecule has 1 aliphatic carbocycles. The summed E-state index contributed by atoms with van der Waals surface area (Å²) in [6.07, 6.45) is 5.48. The predicted octanol–water partition coefficient (Wildman–Crippen LogP) is 3.18. The lowest BCUT2D eigenvalue weighted by Crippen LogP contribution is -2.66. The fourth-order valence-electron chi connectivity index (χ4n) is 4.63. The molecule has 4 rings (SSSR count). The molecule has 1 aromatic heterocycles. The van der Waals surface area contributed by atoms with Gasteiger partial charge in [0.25, 0.3) is 0 Å². The number of nitrogens with zero attached hydrogens (tertiary/aromatic N) is 3. The molecule has 0 bridgehead atoms. The largest absolute Gasteiger partial charge is 0.494 e. The SMILES string of the molecule is CCOc1ccc(C2C(C#N)=C(C(=C=N)C#N)NC(O)(C3CC3)C2[n+]2ccc(C)cc2)cc1. The van der Waals surface area contributed by atoms with Crippen LogP contribution in [0.4, 0.5) is 0 Å². The number of pyridine rings is 1. The molecule has 1 aromatic carbocycles. The molecule has 3 atom stereocenters. The molecule has 1 aliphatic heterocycles. The van der Waals surface area contributed by atoms with E-state index < -0.39 is 17.7 Å². The number of aliphatic hydroxyl groups is 1. The third kappa shape index (κ3) is 4.01. The first-order chi connectivity index (χ1) is 16.0. The minimum atomic E-state index is -1.42.